The second kappa shape index (κ2) is 5.63. The molecule has 100 valence electrons. The highest BCUT2D eigenvalue weighted by atomic mass is 32.1. The van der Waals surface area contributed by atoms with Crippen molar-refractivity contribution in [2.75, 3.05) is 18.4 Å². The zero-order valence-electron chi connectivity index (χ0n) is 10.9. The molecule has 0 spiro atoms. The predicted molar refractivity (Wildman–Crippen MR) is 76.2 cm³/mol. The van der Waals surface area contributed by atoms with Crippen LogP contribution in [0.1, 0.15) is 17.8 Å². The van der Waals surface area contributed by atoms with Crippen LogP contribution < -0.4 is 5.32 Å². The zero-order valence-corrected chi connectivity index (χ0v) is 11.7. The second-order valence-electron chi connectivity index (χ2n) is 4.87. The van der Waals surface area contributed by atoms with Crippen LogP contribution in [0.3, 0.4) is 0 Å². The van der Waals surface area contributed by atoms with Crippen molar-refractivity contribution in [2.45, 2.75) is 25.9 Å². The van der Waals surface area contributed by atoms with Crippen LogP contribution in [-0.2, 0) is 6.54 Å². The molecule has 5 nitrogen and oxygen atoms in total. The number of aromatic nitrogens is 3. The summed E-state index contributed by atoms with van der Waals surface area (Å²) in [5.74, 6) is 0.737. The Morgan fingerprint density at radius 3 is 3.21 bits per heavy atom. The van der Waals surface area contributed by atoms with Gasteiger partial charge in [0, 0.05) is 42.9 Å². The van der Waals surface area contributed by atoms with Gasteiger partial charge in [-0.05, 0) is 19.4 Å². The molecule has 1 unspecified atom stereocenters. The predicted octanol–water partition coefficient (Wildman–Crippen LogP) is 1.93. The molecule has 6 heteroatoms. The topological polar surface area (TPSA) is 53.9 Å². The highest BCUT2D eigenvalue weighted by Crippen LogP contribution is 2.16. The second-order valence-corrected chi connectivity index (χ2v) is 5.59. The highest BCUT2D eigenvalue weighted by molar-refractivity contribution is 7.07. The molecule has 0 saturated carbocycles. The fraction of sp³-hybridized carbons (Fsp3) is 0.462. The van der Waals surface area contributed by atoms with Crippen LogP contribution in [0.2, 0.25) is 0 Å². The quantitative estimate of drug-likeness (QED) is 0.924. The van der Waals surface area contributed by atoms with E-state index in [0.717, 1.165) is 43.4 Å². The molecule has 3 rings (SSSR count). The van der Waals surface area contributed by atoms with E-state index in [0.29, 0.717) is 6.04 Å². The number of likely N-dealkylation sites (tertiary alicyclic amines) is 1. The molecule has 1 aliphatic heterocycles. The normalized spacial score (nSPS) is 19.7. The van der Waals surface area contributed by atoms with Gasteiger partial charge in [-0.2, -0.15) is 0 Å². The van der Waals surface area contributed by atoms with Crippen molar-refractivity contribution in [1.82, 2.24) is 19.9 Å². The van der Waals surface area contributed by atoms with Gasteiger partial charge in [0.15, 0.2) is 0 Å². The fourth-order valence-corrected chi connectivity index (χ4v) is 2.89. The third-order valence-corrected chi connectivity index (χ3v) is 3.90. The number of aryl methyl sites for hydroxylation is 1. The lowest BCUT2D eigenvalue weighted by Gasteiger charge is -2.15. The Kier molecular flexibility index (Phi) is 3.70. The summed E-state index contributed by atoms with van der Waals surface area (Å²) in [6, 6.07) is 2.34. The summed E-state index contributed by atoms with van der Waals surface area (Å²) in [4.78, 5) is 15.4. The summed E-state index contributed by atoms with van der Waals surface area (Å²) in [7, 11) is 0. The van der Waals surface area contributed by atoms with E-state index in [4.69, 9.17) is 0 Å². The summed E-state index contributed by atoms with van der Waals surface area (Å²) in [6.45, 7) is 5.04. The Balaban J connectivity index is 1.54. The molecule has 19 heavy (non-hydrogen) atoms. The van der Waals surface area contributed by atoms with Crippen molar-refractivity contribution < 1.29 is 0 Å². The largest absolute Gasteiger partial charge is 0.350 e. The van der Waals surface area contributed by atoms with Crippen molar-refractivity contribution in [3.05, 3.63) is 34.5 Å². The maximum Gasteiger partial charge on any atom is 0.223 e. The molecule has 1 aliphatic rings. The summed E-state index contributed by atoms with van der Waals surface area (Å²) >= 11 is 1.65. The van der Waals surface area contributed by atoms with E-state index in [2.05, 4.69) is 30.5 Å². The molecule has 0 aliphatic carbocycles. The molecule has 1 saturated heterocycles. The highest BCUT2D eigenvalue weighted by Gasteiger charge is 2.23. The van der Waals surface area contributed by atoms with Crippen LogP contribution in [0.4, 0.5) is 5.95 Å². The van der Waals surface area contributed by atoms with Gasteiger partial charge in [-0.25, -0.2) is 15.0 Å². The Labute approximate surface area is 116 Å². The van der Waals surface area contributed by atoms with Crippen molar-refractivity contribution in [1.29, 1.82) is 0 Å². The van der Waals surface area contributed by atoms with Crippen LogP contribution in [0, 0.1) is 6.92 Å². The summed E-state index contributed by atoms with van der Waals surface area (Å²) in [5, 5.41) is 5.53. The van der Waals surface area contributed by atoms with Gasteiger partial charge in [0.1, 0.15) is 0 Å². The number of hydrogen-bond donors (Lipinski definition) is 1. The fourth-order valence-electron chi connectivity index (χ4n) is 2.34. The number of rotatable bonds is 4. The average molecular weight is 275 g/mol. The van der Waals surface area contributed by atoms with Gasteiger partial charge in [0.25, 0.3) is 0 Å². The van der Waals surface area contributed by atoms with Gasteiger partial charge in [-0.15, -0.1) is 11.3 Å². The first-order chi connectivity index (χ1) is 9.29. The average Bonchev–Trinajstić information content (AvgIpc) is 3.02. The van der Waals surface area contributed by atoms with Crippen LogP contribution in [-0.4, -0.2) is 39.0 Å². The first-order valence-corrected chi connectivity index (χ1v) is 7.39. The lowest BCUT2D eigenvalue weighted by molar-refractivity contribution is 0.325. The number of thiazole rings is 1. The molecule has 1 N–H and O–H groups in total. The minimum Gasteiger partial charge on any atom is -0.350 e. The Hall–Kier alpha value is -1.53. The van der Waals surface area contributed by atoms with E-state index >= 15 is 0 Å². The zero-order chi connectivity index (χ0) is 13.1. The van der Waals surface area contributed by atoms with Crippen LogP contribution in [0.15, 0.2) is 23.2 Å². The number of hydrogen-bond acceptors (Lipinski definition) is 6. The first kappa shape index (κ1) is 12.5. The SMILES string of the molecule is Cc1ccnc(NC2CCN(Cc3cscn3)C2)n1. The number of nitrogens with one attached hydrogen (secondary N) is 1. The molecular weight excluding hydrogens is 258 g/mol. The van der Waals surface area contributed by atoms with E-state index in [1.165, 1.54) is 0 Å². The standard InChI is InChI=1S/C13H17N5S/c1-10-2-4-14-13(16-10)17-11-3-5-18(6-11)7-12-8-19-9-15-12/h2,4,8-9,11H,3,5-7H2,1H3,(H,14,16,17). The van der Waals surface area contributed by atoms with Crippen molar-refractivity contribution in [3.8, 4) is 0 Å². The molecule has 1 fully saturated rings. The van der Waals surface area contributed by atoms with Crippen LogP contribution in [0.25, 0.3) is 0 Å². The molecule has 0 amide bonds. The van der Waals surface area contributed by atoms with E-state index < -0.39 is 0 Å². The van der Waals surface area contributed by atoms with Crippen LogP contribution >= 0.6 is 11.3 Å². The van der Waals surface area contributed by atoms with Gasteiger partial charge in [0.05, 0.1) is 11.2 Å². The summed E-state index contributed by atoms with van der Waals surface area (Å²) < 4.78 is 0. The van der Waals surface area contributed by atoms with Crippen molar-refractivity contribution in [2.24, 2.45) is 0 Å². The van der Waals surface area contributed by atoms with Crippen molar-refractivity contribution >= 4 is 17.3 Å². The van der Waals surface area contributed by atoms with Gasteiger partial charge >= 0.3 is 0 Å². The van der Waals surface area contributed by atoms with Gasteiger partial charge < -0.3 is 5.32 Å². The summed E-state index contributed by atoms with van der Waals surface area (Å²) in [5.41, 5.74) is 4.05. The lowest BCUT2D eigenvalue weighted by Crippen LogP contribution is -2.26. The molecule has 0 bridgehead atoms. The third-order valence-electron chi connectivity index (χ3n) is 3.27. The smallest absolute Gasteiger partial charge is 0.223 e. The minimum absolute atomic E-state index is 0.431. The van der Waals surface area contributed by atoms with E-state index in [1.54, 1.807) is 17.5 Å². The first-order valence-electron chi connectivity index (χ1n) is 6.45. The summed E-state index contributed by atoms with van der Waals surface area (Å²) in [6.07, 6.45) is 2.92. The van der Waals surface area contributed by atoms with Gasteiger partial charge in [-0.3, -0.25) is 4.90 Å². The Morgan fingerprint density at radius 1 is 1.47 bits per heavy atom. The molecule has 1 atom stereocenters. The van der Waals surface area contributed by atoms with E-state index in [1.807, 2.05) is 18.5 Å². The minimum atomic E-state index is 0.431. The van der Waals surface area contributed by atoms with Gasteiger partial charge in [0.2, 0.25) is 5.95 Å². The number of anilines is 1. The molecule has 0 radical (unpaired) electrons. The maximum atomic E-state index is 4.39. The molecule has 2 aromatic rings. The molecule has 0 aromatic carbocycles. The molecule has 3 heterocycles. The Bertz CT molecular complexity index is 528. The lowest BCUT2D eigenvalue weighted by atomic mass is 10.3. The van der Waals surface area contributed by atoms with E-state index in [-0.39, 0.29) is 0 Å². The van der Waals surface area contributed by atoms with E-state index in [9.17, 15) is 0 Å². The maximum absolute atomic E-state index is 4.39. The molecular formula is C13H17N5S. The van der Waals surface area contributed by atoms with Crippen LogP contribution in [0.5, 0.6) is 0 Å². The third kappa shape index (κ3) is 3.27. The van der Waals surface area contributed by atoms with Crippen molar-refractivity contribution in [3.63, 3.8) is 0 Å². The monoisotopic (exact) mass is 275 g/mol. The number of nitrogens with zero attached hydrogens (tertiary/aromatic N) is 4. The Morgan fingerprint density at radius 2 is 2.42 bits per heavy atom. The molecule has 2 aromatic heterocycles. The van der Waals surface area contributed by atoms with Gasteiger partial charge in [-0.1, -0.05) is 0 Å².